The molecule has 0 amide bonds. The number of benzene rings is 2. The molecule has 0 aliphatic heterocycles. The van der Waals surface area contributed by atoms with E-state index < -0.39 is 0 Å². The third-order valence-corrected chi connectivity index (χ3v) is 5.06. The molecule has 0 spiro atoms. The fourth-order valence-corrected chi connectivity index (χ4v) is 3.39. The van der Waals surface area contributed by atoms with Gasteiger partial charge >= 0.3 is 5.97 Å². The molecule has 0 bridgehead atoms. The molecule has 3 aromatic rings. The standard InChI is InChI=1S/C26H30N2O3/c1-5-7-16-31-26(29)21-8-10-23(11-9-21)27-18-22-17-19(3)28(20(22)4)24-12-14-25(15-13-24)30-6-2/h8-15,17-18H,5-7,16H2,1-4H3. The van der Waals surface area contributed by atoms with Gasteiger partial charge in [0.15, 0.2) is 0 Å². The molecule has 31 heavy (non-hydrogen) atoms. The highest BCUT2D eigenvalue weighted by Crippen LogP contribution is 2.23. The third kappa shape index (κ3) is 5.63. The average molecular weight is 419 g/mol. The molecule has 0 saturated heterocycles. The molecule has 0 radical (unpaired) electrons. The molecule has 0 N–H and O–H groups in total. The van der Waals surface area contributed by atoms with Gasteiger partial charge in [-0.1, -0.05) is 13.3 Å². The molecule has 0 aliphatic carbocycles. The minimum Gasteiger partial charge on any atom is -0.494 e. The number of hydrogen-bond donors (Lipinski definition) is 0. The monoisotopic (exact) mass is 418 g/mol. The van der Waals surface area contributed by atoms with Crippen LogP contribution in [0.15, 0.2) is 59.6 Å². The number of carbonyl (C=O) groups is 1. The topological polar surface area (TPSA) is 52.8 Å². The van der Waals surface area contributed by atoms with Crippen molar-refractivity contribution in [2.45, 2.75) is 40.5 Å². The Morgan fingerprint density at radius 3 is 2.39 bits per heavy atom. The average Bonchev–Trinajstić information content (AvgIpc) is 3.06. The second-order valence-corrected chi connectivity index (χ2v) is 7.38. The number of aliphatic imine (C=N–C) groups is 1. The largest absolute Gasteiger partial charge is 0.494 e. The van der Waals surface area contributed by atoms with Crippen molar-refractivity contribution in [2.24, 2.45) is 4.99 Å². The van der Waals surface area contributed by atoms with Gasteiger partial charge in [0.05, 0.1) is 24.5 Å². The Balaban J connectivity index is 1.73. The van der Waals surface area contributed by atoms with Crippen molar-refractivity contribution in [1.82, 2.24) is 4.57 Å². The zero-order valence-corrected chi connectivity index (χ0v) is 18.7. The van der Waals surface area contributed by atoms with Crippen LogP contribution < -0.4 is 4.74 Å². The number of unbranched alkanes of at least 4 members (excludes halogenated alkanes) is 1. The summed E-state index contributed by atoms with van der Waals surface area (Å²) < 4.78 is 13.0. The number of ether oxygens (including phenoxy) is 2. The van der Waals surface area contributed by atoms with Gasteiger partial charge in [-0.3, -0.25) is 4.99 Å². The van der Waals surface area contributed by atoms with E-state index in [9.17, 15) is 4.79 Å². The van der Waals surface area contributed by atoms with Crippen LogP contribution in [0.3, 0.4) is 0 Å². The van der Waals surface area contributed by atoms with E-state index in [1.807, 2.05) is 37.4 Å². The first kappa shape index (κ1) is 22.3. The van der Waals surface area contributed by atoms with Crippen LogP contribution in [-0.4, -0.2) is 30.0 Å². The second-order valence-electron chi connectivity index (χ2n) is 7.38. The summed E-state index contributed by atoms with van der Waals surface area (Å²) in [6.45, 7) is 9.32. The highest BCUT2D eigenvalue weighted by atomic mass is 16.5. The number of esters is 1. The summed E-state index contributed by atoms with van der Waals surface area (Å²) in [6.07, 6.45) is 3.74. The van der Waals surface area contributed by atoms with E-state index in [1.165, 1.54) is 0 Å². The van der Waals surface area contributed by atoms with Gasteiger partial charge in [0, 0.05) is 28.9 Å². The maximum absolute atomic E-state index is 12.0. The lowest BCUT2D eigenvalue weighted by atomic mass is 10.2. The minimum absolute atomic E-state index is 0.289. The fourth-order valence-electron chi connectivity index (χ4n) is 3.39. The molecule has 0 atom stereocenters. The van der Waals surface area contributed by atoms with E-state index >= 15 is 0 Å². The quantitative estimate of drug-likeness (QED) is 0.236. The van der Waals surface area contributed by atoms with Crippen molar-refractivity contribution >= 4 is 17.9 Å². The van der Waals surface area contributed by atoms with E-state index in [0.717, 1.165) is 46.9 Å². The molecule has 5 nitrogen and oxygen atoms in total. The number of aryl methyl sites for hydroxylation is 1. The van der Waals surface area contributed by atoms with Gasteiger partial charge < -0.3 is 14.0 Å². The van der Waals surface area contributed by atoms with Gasteiger partial charge in [-0.15, -0.1) is 0 Å². The molecular formula is C26H30N2O3. The SMILES string of the molecule is CCCCOC(=O)c1ccc(N=Cc2cc(C)n(-c3ccc(OCC)cc3)c2C)cc1. The van der Waals surface area contributed by atoms with E-state index in [4.69, 9.17) is 9.47 Å². The zero-order chi connectivity index (χ0) is 22.2. The van der Waals surface area contributed by atoms with Crippen LogP contribution in [0.1, 0.15) is 54.0 Å². The number of rotatable bonds is 9. The van der Waals surface area contributed by atoms with Crippen molar-refractivity contribution in [3.8, 4) is 11.4 Å². The number of aromatic nitrogens is 1. The Morgan fingerprint density at radius 2 is 1.74 bits per heavy atom. The molecule has 1 aromatic heterocycles. The van der Waals surface area contributed by atoms with Crippen LogP contribution in [0, 0.1) is 13.8 Å². The van der Waals surface area contributed by atoms with Crippen LogP contribution in [-0.2, 0) is 4.74 Å². The molecule has 0 fully saturated rings. The Bertz CT molecular complexity index is 1030. The van der Waals surface area contributed by atoms with E-state index in [2.05, 4.69) is 48.5 Å². The molecular weight excluding hydrogens is 388 g/mol. The number of carbonyl (C=O) groups excluding carboxylic acids is 1. The summed E-state index contributed by atoms with van der Waals surface area (Å²) in [5.74, 6) is 0.580. The summed E-state index contributed by atoms with van der Waals surface area (Å²) in [7, 11) is 0. The van der Waals surface area contributed by atoms with Crippen molar-refractivity contribution < 1.29 is 14.3 Å². The minimum atomic E-state index is -0.289. The first-order chi connectivity index (χ1) is 15.0. The molecule has 5 heteroatoms. The van der Waals surface area contributed by atoms with E-state index in [0.29, 0.717) is 18.8 Å². The first-order valence-corrected chi connectivity index (χ1v) is 10.8. The van der Waals surface area contributed by atoms with E-state index in [-0.39, 0.29) is 5.97 Å². The third-order valence-electron chi connectivity index (χ3n) is 5.06. The molecule has 1 heterocycles. The first-order valence-electron chi connectivity index (χ1n) is 10.8. The molecule has 0 saturated carbocycles. The summed E-state index contributed by atoms with van der Waals surface area (Å²) in [5.41, 5.74) is 5.72. The molecule has 0 unspecified atom stereocenters. The van der Waals surface area contributed by atoms with E-state index in [1.54, 1.807) is 12.1 Å². The molecule has 2 aromatic carbocycles. The van der Waals surface area contributed by atoms with Gasteiger partial charge in [0.2, 0.25) is 0 Å². The molecule has 0 aliphatic rings. The van der Waals surface area contributed by atoms with Crippen LogP contribution >= 0.6 is 0 Å². The lowest BCUT2D eigenvalue weighted by molar-refractivity contribution is 0.0500. The Hall–Kier alpha value is -3.34. The fraction of sp³-hybridized carbons (Fsp3) is 0.308. The number of nitrogens with zero attached hydrogens (tertiary/aromatic N) is 2. The molecule has 162 valence electrons. The Morgan fingerprint density at radius 1 is 1.03 bits per heavy atom. The van der Waals surface area contributed by atoms with Gasteiger partial charge in [-0.25, -0.2) is 4.79 Å². The summed E-state index contributed by atoms with van der Waals surface area (Å²) >= 11 is 0. The Labute approximate surface area is 184 Å². The predicted octanol–water partition coefficient (Wildman–Crippen LogP) is 6.20. The number of hydrogen-bond acceptors (Lipinski definition) is 4. The highest BCUT2D eigenvalue weighted by molar-refractivity contribution is 5.90. The maximum Gasteiger partial charge on any atom is 0.338 e. The normalized spacial score (nSPS) is 11.1. The van der Waals surface area contributed by atoms with Gasteiger partial charge in [-0.2, -0.15) is 0 Å². The van der Waals surface area contributed by atoms with Crippen molar-refractivity contribution in [3.05, 3.63) is 77.1 Å². The zero-order valence-electron chi connectivity index (χ0n) is 18.7. The van der Waals surface area contributed by atoms with Crippen LogP contribution in [0.4, 0.5) is 5.69 Å². The lowest BCUT2D eigenvalue weighted by Crippen LogP contribution is -2.05. The van der Waals surface area contributed by atoms with Crippen molar-refractivity contribution in [2.75, 3.05) is 13.2 Å². The van der Waals surface area contributed by atoms with Gasteiger partial charge in [-0.05, 0) is 81.8 Å². The smallest absolute Gasteiger partial charge is 0.338 e. The summed E-state index contributed by atoms with van der Waals surface area (Å²) in [6, 6.07) is 17.4. The van der Waals surface area contributed by atoms with Crippen LogP contribution in [0.2, 0.25) is 0 Å². The van der Waals surface area contributed by atoms with Gasteiger partial charge in [0.25, 0.3) is 0 Å². The van der Waals surface area contributed by atoms with Crippen LogP contribution in [0.5, 0.6) is 5.75 Å². The van der Waals surface area contributed by atoms with Crippen molar-refractivity contribution in [3.63, 3.8) is 0 Å². The summed E-state index contributed by atoms with van der Waals surface area (Å²) in [5, 5.41) is 0. The Kier molecular flexibility index (Phi) is 7.65. The highest BCUT2D eigenvalue weighted by Gasteiger charge is 2.10. The lowest BCUT2D eigenvalue weighted by Gasteiger charge is -2.11. The maximum atomic E-state index is 12.0. The predicted molar refractivity (Wildman–Crippen MR) is 125 cm³/mol. The second kappa shape index (κ2) is 10.6. The summed E-state index contributed by atoms with van der Waals surface area (Å²) in [4.78, 5) is 16.6. The van der Waals surface area contributed by atoms with Gasteiger partial charge in [0.1, 0.15) is 5.75 Å². The molecule has 3 rings (SSSR count). The van der Waals surface area contributed by atoms with Crippen molar-refractivity contribution in [1.29, 1.82) is 0 Å². The van der Waals surface area contributed by atoms with Crippen LogP contribution in [0.25, 0.3) is 5.69 Å².